The minimum absolute atomic E-state index is 0.0817. The van der Waals surface area contributed by atoms with Crippen molar-refractivity contribution in [3.8, 4) is 5.75 Å². The van der Waals surface area contributed by atoms with Gasteiger partial charge in [0.2, 0.25) is 0 Å². The lowest BCUT2D eigenvalue weighted by Crippen LogP contribution is -2.38. The van der Waals surface area contributed by atoms with E-state index in [-0.39, 0.29) is 17.8 Å². The lowest BCUT2D eigenvalue weighted by atomic mass is 10.1. The second-order valence-corrected chi connectivity index (χ2v) is 5.98. The Kier molecular flexibility index (Phi) is 6.58. The van der Waals surface area contributed by atoms with Crippen LogP contribution in [0, 0.1) is 0 Å². The van der Waals surface area contributed by atoms with Gasteiger partial charge in [0.25, 0.3) is 0 Å². The number of rotatable bonds is 6. The van der Waals surface area contributed by atoms with Crippen LogP contribution in [0.5, 0.6) is 5.75 Å². The van der Waals surface area contributed by atoms with Crippen LogP contribution in [0.2, 0.25) is 5.02 Å². The molecular formula is C18H19ClF2N2O2. The topological polar surface area (TPSA) is 41.6 Å². The van der Waals surface area contributed by atoms with E-state index in [9.17, 15) is 13.6 Å². The van der Waals surface area contributed by atoms with Gasteiger partial charge in [0.1, 0.15) is 5.75 Å². The third-order valence-corrected chi connectivity index (χ3v) is 3.97. The summed E-state index contributed by atoms with van der Waals surface area (Å²) in [6.45, 7) is -0.676. The fraction of sp³-hybridized carbons (Fsp3) is 0.278. The van der Waals surface area contributed by atoms with Crippen LogP contribution in [0.4, 0.5) is 13.6 Å². The Morgan fingerprint density at radius 1 is 1.20 bits per heavy atom. The van der Waals surface area contributed by atoms with Crippen molar-refractivity contribution < 1.29 is 18.3 Å². The number of hydrogen-bond donors (Lipinski definition) is 1. The number of ether oxygens (including phenoxy) is 1. The Labute approximate surface area is 150 Å². The third-order valence-electron chi connectivity index (χ3n) is 3.63. The van der Waals surface area contributed by atoms with E-state index >= 15 is 0 Å². The number of carbonyl (C=O) groups excluding carboxylic acids is 1. The number of urea groups is 1. The molecule has 2 aromatic carbocycles. The number of nitrogens with one attached hydrogen (secondary N) is 1. The number of carbonyl (C=O) groups is 1. The van der Waals surface area contributed by atoms with E-state index in [0.29, 0.717) is 11.6 Å². The molecule has 0 spiro atoms. The molecule has 0 aliphatic rings. The molecule has 2 rings (SSSR count). The van der Waals surface area contributed by atoms with Gasteiger partial charge in [-0.15, -0.1) is 0 Å². The summed E-state index contributed by atoms with van der Waals surface area (Å²) in [6, 6.07) is 13.0. The smallest absolute Gasteiger partial charge is 0.387 e. The highest BCUT2D eigenvalue weighted by molar-refractivity contribution is 6.31. The number of benzene rings is 2. The molecular weight excluding hydrogens is 350 g/mol. The molecule has 0 radical (unpaired) electrons. The van der Waals surface area contributed by atoms with Crippen LogP contribution in [0.15, 0.2) is 48.5 Å². The minimum atomic E-state index is -2.86. The highest BCUT2D eigenvalue weighted by atomic mass is 35.5. The normalized spacial score (nSPS) is 11.9. The summed E-state index contributed by atoms with van der Waals surface area (Å²) in [5.74, 6) is 0.0817. The minimum Gasteiger partial charge on any atom is -0.435 e. The summed E-state index contributed by atoms with van der Waals surface area (Å²) in [6.07, 6.45) is 0. The van der Waals surface area contributed by atoms with Gasteiger partial charge in [-0.05, 0) is 36.2 Å². The van der Waals surface area contributed by atoms with Crippen molar-refractivity contribution in [3.63, 3.8) is 0 Å². The monoisotopic (exact) mass is 368 g/mol. The Bertz CT molecular complexity index is 710. The summed E-state index contributed by atoms with van der Waals surface area (Å²) in [5.41, 5.74) is 1.63. The summed E-state index contributed by atoms with van der Waals surface area (Å²) in [7, 11) is 1.65. The predicted octanol–water partition coefficient (Wildman–Crippen LogP) is 4.84. The highest BCUT2D eigenvalue weighted by Gasteiger charge is 2.15. The van der Waals surface area contributed by atoms with Gasteiger partial charge in [0.05, 0.1) is 6.04 Å². The molecule has 2 amide bonds. The van der Waals surface area contributed by atoms with E-state index in [4.69, 9.17) is 11.6 Å². The molecule has 1 unspecified atom stereocenters. The lowest BCUT2D eigenvalue weighted by molar-refractivity contribution is -0.0498. The zero-order valence-corrected chi connectivity index (χ0v) is 14.6. The average molecular weight is 369 g/mol. The van der Waals surface area contributed by atoms with Crippen molar-refractivity contribution in [3.05, 3.63) is 64.7 Å². The standard InChI is InChI=1S/C18H19ClF2N2O2/c1-12(15-5-3-4-6-16(15)19)22-18(24)23(2)11-13-7-9-14(10-8-13)25-17(20)21/h3-10,12,17H,11H2,1-2H3,(H,22,24). The second kappa shape index (κ2) is 8.67. The molecule has 4 nitrogen and oxygen atoms in total. The Hall–Kier alpha value is -2.34. The molecule has 134 valence electrons. The molecule has 25 heavy (non-hydrogen) atoms. The lowest BCUT2D eigenvalue weighted by Gasteiger charge is -2.22. The maximum atomic E-state index is 12.3. The first kappa shape index (κ1) is 19.0. The first-order chi connectivity index (χ1) is 11.9. The summed E-state index contributed by atoms with van der Waals surface area (Å²) in [4.78, 5) is 13.8. The van der Waals surface area contributed by atoms with E-state index in [2.05, 4.69) is 10.1 Å². The molecule has 0 saturated carbocycles. The van der Waals surface area contributed by atoms with Crippen LogP contribution < -0.4 is 10.1 Å². The van der Waals surface area contributed by atoms with E-state index < -0.39 is 6.61 Å². The largest absolute Gasteiger partial charge is 0.435 e. The van der Waals surface area contributed by atoms with E-state index in [1.54, 1.807) is 25.2 Å². The predicted molar refractivity (Wildman–Crippen MR) is 92.9 cm³/mol. The van der Waals surface area contributed by atoms with Crippen molar-refractivity contribution >= 4 is 17.6 Å². The van der Waals surface area contributed by atoms with Crippen molar-refractivity contribution in [1.82, 2.24) is 10.2 Å². The van der Waals surface area contributed by atoms with Crippen molar-refractivity contribution in [2.75, 3.05) is 7.05 Å². The number of hydrogen-bond acceptors (Lipinski definition) is 2. The van der Waals surface area contributed by atoms with Crippen LogP contribution in [0.1, 0.15) is 24.1 Å². The quantitative estimate of drug-likeness (QED) is 0.792. The molecule has 0 aromatic heterocycles. The van der Waals surface area contributed by atoms with Gasteiger partial charge >= 0.3 is 12.6 Å². The maximum absolute atomic E-state index is 12.3. The van der Waals surface area contributed by atoms with E-state index in [1.165, 1.54) is 17.0 Å². The molecule has 0 aliphatic carbocycles. The molecule has 2 aromatic rings. The van der Waals surface area contributed by atoms with Gasteiger partial charge in [0, 0.05) is 18.6 Å². The third kappa shape index (κ3) is 5.60. The fourth-order valence-corrected chi connectivity index (χ4v) is 2.62. The van der Waals surface area contributed by atoms with Crippen LogP contribution in [0.25, 0.3) is 0 Å². The molecule has 0 aliphatic heterocycles. The van der Waals surface area contributed by atoms with E-state index in [1.807, 2.05) is 25.1 Å². The number of alkyl halides is 2. The van der Waals surface area contributed by atoms with Crippen molar-refractivity contribution in [2.24, 2.45) is 0 Å². The number of halogens is 3. The van der Waals surface area contributed by atoms with Crippen LogP contribution in [0.3, 0.4) is 0 Å². The van der Waals surface area contributed by atoms with Gasteiger partial charge in [0.15, 0.2) is 0 Å². The van der Waals surface area contributed by atoms with Gasteiger partial charge in [-0.3, -0.25) is 0 Å². The number of nitrogens with zero attached hydrogens (tertiary/aromatic N) is 1. The summed E-state index contributed by atoms with van der Waals surface area (Å²) < 4.78 is 28.6. The van der Waals surface area contributed by atoms with Gasteiger partial charge in [-0.25, -0.2) is 4.79 Å². The van der Waals surface area contributed by atoms with Crippen LogP contribution in [-0.4, -0.2) is 24.6 Å². The average Bonchev–Trinajstić information content (AvgIpc) is 2.56. The maximum Gasteiger partial charge on any atom is 0.387 e. The van der Waals surface area contributed by atoms with Gasteiger partial charge in [-0.2, -0.15) is 8.78 Å². The van der Waals surface area contributed by atoms with E-state index in [0.717, 1.165) is 11.1 Å². The van der Waals surface area contributed by atoms with Crippen LogP contribution in [-0.2, 0) is 6.54 Å². The zero-order valence-electron chi connectivity index (χ0n) is 13.9. The first-order valence-corrected chi connectivity index (χ1v) is 8.04. The van der Waals surface area contributed by atoms with Crippen molar-refractivity contribution in [1.29, 1.82) is 0 Å². The Balaban J connectivity index is 1.92. The van der Waals surface area contributed by atoms with Crippen molar-refractivity contribution in [2.45, 2.75) is 26.1 Å². The molecule has 1 N–H and O–H groups in total. The highest BCUT2D eigenvalue weighted by Crippen LogP contribution is 2.22. The Morgan fingerprint density at radius 2 is 1.84 bits per heavy atom. The number of amides is 2. The molecule has 1 atom stereocenters. The Morgan fingerprint density at radius 3 is 2.44 bits per heavy atom. The first-order valence-electron chi connectivity index (χ1n) is 7.66. The van der Waals surface area contributed by atoms with Gasteiger partial charge in [-0.1, -0.05) is 41.9 Å². The summed E-state index contributed by atoms with van der Waals surface area (Å²) >= 11 is 6.13. The molecule has 0 bridgehead atoms. The summed E-state index contributed by atoms with van der Waals surface area (Å²) in [5, 5.41) is 3.46. The molecule has 0 saturated heterocycles. The molecule has 0 fully saturated rings. The fourth-order valence-electron chi connectivity index (χ4n) is 2.32. The zero-order chi connectivity index (χ0) is 18.4. The van der Waals surface area contributed by atoms with Gasteiger partial charge < -0.3 is 15.0 Å². The second-order valence-electron chi connectivity index (χ2n) is 5.57. The van der Waals surface area contributed by atoms with Crippen LogP contribution >= 0.6 is 11.6 Å². The molecule has 0 heterocycles. The SMILES string of the molecule is CC(NC(=O)N(C)Cc1ccc(OC(F)F)cc1)c1ccccc1Cl. The molecule has 7 heteroatoms.